The normalized spacial score (nSPS) is 11.8. The Morgan fingerprint density at radius 3 is 3.00 bits per heavy atom. The Morgan fingerprint density at radius 2 is 2.38 bits per heavy atom. The van der Waals surface area contributed by atoms with E-state index in [9.17, 15) is 0 Å². The maximum absolute atomic E-state index is 8.40. The monoisotopic (exact) mass is 240 g/mol. The lowest BCUT2D eigenvalue weighted by Crippen LogP contribution is -2.25. The first-order chi connectivity index (χ1) is 6.22. The number of ether oxygens (including phenoxy) is 1. The minimum atomic E-state index is -0.570. The highest BCUT2D eigenvalue weighted by molar-refractivity contribution is 9.10. The molecule has 0 aliphatic rings. The van der Waals surface area contributed by atoms with Crippen molar-refractivity contribution in [2.24, 2.45) is 5.73 Å². The first-order valence-corrected chi connectivity index (χ1v) is 4.55. The number of rotatable bonds is 3. The predicted molar refractivity (Wildman–Crippen MR) is 53.2 cm³/mol. The smallest absolute Gasteiger partial charge is 0.127 e. The molecule has 1 rings (SSSR count). The number of hydrogen-bond acceptors (Lipinski definition) is 3. The quantitative estimate of drug-likeness (QED) is 0.875. The maximum Gasteiger partial charge on any atom is 0.127 e. The van der Waals surface area contributed by atoms with Gasteiger partial charge in [0.2, 0.25) is 0 Å². The number of benzene rings is 1. The zero-order valence-electron chi connectivity index (χ0n) is 6.90. The molecular weight excluding hydrogens is 232 g/mol. The largest absolute Gasteiger partial charge is 0.491 e. The van der Waals surface area contributed by atoms with Crippen LogP contribution in [0.3, 0.4) is 0 Å². The van der Waals surface area contributed by atoms with Gasteiger partial charge in [0.25, 0.3) is 0 Å². The Balaban J connectivity index is 2.51. The summed E-state index contributed by atoms with van der Waals surface area (Å²) in [6.07, 6.45) is 0. The Bertz CT molecular complexity index is 322. The topological polar surface area (TPSA) is 59.0 Å². The van der Waals surface area contributed by atoms with Crippen molar-refractivity contribution in [2.45, 2.75) is 6.04 Å². The van der Waals surface area contributed by atoms with E-state index in [1.165, 1.54) is 0 Å². The molecule has 0 aliphatic carbocycles. The molecular formula is C9H9BrN2O. The van der Waals surface area contributed by atoms with Gasteiger partial charge >= 0.3 is 0 Å². The van der Waals surface area contributed by atoms with Gasteiger partial charge in [0.05, 0.1) is 6.07 Å². The van der Waals surface area contributed by atoms with Crippen molar-refractivity contribution in [1.82, 2.24) is 0 Å². The summed E-state index contributed by atoms with van der Waals surface area (Å²) in [4.78, 5) is 0. The standard InChI is InChI=1S/C9H9BrN2O/c10-7-2-1-3-9(4-7)13-6-8(12)5-11/h1-4,8H,6,12H2. The van der Waals surface area contributed by atoms with E-state index >= 15 is 0 Å². The van der Waals surface area contributed by atoms with Gasteiger partial charge < -0.3 is 10.5 Å². The summed E-state index contributed by atoms with van der Waals surface area (Å²) in [6.45, 7) is 0.215. The van der Waals surface area contributed by atoms with Crippen LogP contribution in [0, 0.1) is 11.3 Å². The second-order valence-corrected chi connectivity index (χ2v) is 3.42. The van der Waals surface area contributed by atoms with E-state index in [1.54, 1.807) is 0 Å². The van der Waals surface area contributed by atoms with Crippen LogP contribution in [-0.4, -0.2) is 12.6 Å². The molecule has 0 saturated heterocycles. The summed E-state index contributed by atoms with van der Waals surface area (Å²) < 4.78 is 6.20. The second kappa shape index (κ2) is 4.85. The molecule has 1 atom stereocenters. The summed E-state index contributed by atoms with van der Waals surface area (Å²) in [5.41, 5.74) is 5.36. The zero-order valence-corrected chi connectivity index (χ0v) is 8.49. The number of nitriles is 1. The summed E-state index contributed by atoms with van der Waals surface area (Å²) in [7, 11) is 0. The molecule has 1 unspecified atom stereocenters. The van der Waals surface area contributed by atoms with E-state index < -0.39 is 6.04 Å². The third kappa shape index (κ3) is 3.45. The van der Waals surface area contributed by atoms with Crippen molar-refractivity contribution in [1.29, 1.82) is 5.26 Å². The molecule has 0 radical (unpaired) electrons. The van der Waals surface area contributed by atoms with Crippen molar-refractivity contribution in [3.05, 3.63) is 28.7 Å². The summed E-state index contributed by atoms with van der Waals surface area (Å²) in [6, 6.07) is 8.72. The van der Waals surface area contributed by atoms with Crippen LogP contribution in [0.5, 0.6) is 5.75 Å². The van der Waals surface area contributed by atoms with Crippen LogP contribution in [0.2, 0.25) is 0 Å². The molecule has 3 nitrogen and oxygen atoms in total. The third-order valence-corrected chi connectivity index (χ3v) is 1.88. The fraction of sp³-hybridized carbons (Fsp3) is 0.222. The molecule has 0 aliphatic heterocycles. The molecule has 1 aromatic carbocycles. The lowest BCUT2D eigenvalue weighted by molar-refractivity contribution is 0.308. The minimum absolute atomic E-state index is 0.215. The Hall–Kier alpha value is -1.05. The van der Waals surface area contributed by atoms with Crippen molar-refractivity contribution in [2.75, 3.05) is 6.61 Å². The number of hydrogen-bond donors (Lipinski definition) is 1. The number of halogens is 1. The van der Waals surface area contributed by atoms with Crippen LogP contribution < -0.4 is 10.5 Å². The number of nitrogens with zero attached hydrogens (tertiary/aromatic N) is 1. The molecule has 0 heterocycles. The molecule has 68 valence electrons. The average molecular weight is 241 g/mol. The van der Waals surface area contributed by atoms with Gasteiger partial charge in [-0.1, -0.05) is 22.0 Å². The van der Waals surface area contributed by atoms with Gasteiger partial charge in [-0.25, -0.2) is 0 Å². The lowest BCUT2D eigenvalue weighted by atomic mass is 10.3. The van der Waals surface area contributed by atoms with Gasteiger partial charge in [-0.15, -0.1) is 0 Å². The van der Waals surface area contributed by atoms with Gasteiger partial charge in [0.1, 0.15) is 18.4 Å². The molecule has 13 heavy (non-hydrogen) atoms. The average Bonchev–Trinajstić information content (AvgIpc) is 2.14. The third-order valence-electron chi connectivity index (χ3n) is 1.39. The molecule has 0 saturated carbocycles. The predicted octanol–water partition coefficient (Wildman–Crippen LogP) is 1.68. The molecule has 0 spiro atoms. The molecule has 4 heteroatoms. The SMILES string of the molecule is N#CC(N)COc1cccc(Br)c1. The highest BCUT2D eigenvalue weighted by Gasteiger charge is 2.00. The Labute approximate surface area is 85.2 Å². The van der Waals surface area contributed by atoms with Gasteiger partial charge in [-0.2, -0.15) is 5.26 Å². The van der Waals surface area contributed by atoms with Gasteiger partial charge in [0, 0.05) is 4.47 Å². The Morgan fingerprint density at radius 1 is 1.62 bits per heavy atom. The van der Waals surface area contributed by atoms with Crippen LogP contribution in [0.15, 0.2) is 28.7 Å². The molecule has 0 aromatic heterocycles. The van der Waals surface area contributed by atoms with E-state index in [0.29, 0.717) is 5.75 Å². The summed E-state index contributed by atoms with van der Waals surface area (Å²) in [5.74, 6) is 0.708. The Kier molecular flexibility index (Phi) is 3.74. The van der Waals surface area contributed by atoms with Crippen LogP contribution in [0.4, 0.5) is 0 Å². The molecule has 1 aromatic rings. The minimum Gasteiger partial charge on any atom is -0.491 e. The number of nitrogens with two attached hydrogens (primary N) is 1. The highest BCUT2D eigenvalue weighted by atomic mass is 79.9. The van der Waals surface area contributed by atoms with E-state index in [0.717, 1.165) is 4.47 Å². The van der Waals surface area contributed by atoms with Crippen molar-refractivity contribution in [3.63, 3.8) is 0 Å². The van der Waals surface area contributed by atoms with Crippen molar-refractivity contribution in [3.8, 4) is 11.8 Å². The van der Waals surface area contributed by atoms with Gasteiger partial charge in [-0.05, 0) is 18.2 Å². The van der Waals surface area contributed by atoms with Crippen molar-refractivity contribution >= 4 is 15.9 Å². The van der Waals surface area contributed by atoms with Crippen molar-refractivity contribution < 1.29 is 4.74 Å². The van der Waals surface area contributed by atoms with Crippen LogP contribution in [0.25, 0.3) is 0 Å². The second-order valence-electron chi connectivity index (χ2n) is 2.50. The van der Waals surface area contributed by atoms with E-state index in [-0.39, 0.29) is 6.61 Å². The highest BCUT2D eigenvalue weighted by Crippen LogP contribution is 2.17. The zero-order chi connectivity index (χ0) is 9.68. The fourth-order valence-electron chi connectivity index (χ4n) is 0.780. The molecule has 0 amide bonds. The molecule has 2 N–H and O–H groups in total. The van der Waals surface area contributed by atoms with E-state index in [4.69, 9.17) is 15.7 Å². The lowest BCUT2D eigenvalue weighted by Gasteiger charge is -2.06. The van der Waals surface area contributed by atoms with Crippen LogP contribution in [0.1, 0.15) is 0 Å². The van der Waals surface area contributed by atoms with Gasteiger partial charge in [-0.3, -0.25) is 0 Å². The van der Waals surface area contributed by atoms with Crippen LogP contribution >= 0.6 is 15.9 Å². The molecule has 0 bridgehead atoms. The fourth-order valence-corrected chi connectivity index (χ4v) is 1.16. The first kappa shape index (κ1) is 10.0. The maximum atomic E-state index is 8.40. The molecule has 0 fully saturated rings. The first-order valence-electron chi connectivity index (χ1n) is 3.76. The summed E-state index contributed by atoms with van der Waals surface area (Å²) in [5, 5.41) is 8.40. The van der Waals surface area contributed by atoms with E-state index in [2.05, 4.69) is 15.9 Å². The summed E-state index contributed by atoms with van der Waals surface area (Å²) >= 11 is 3.31. The van der Waals surface area contributed by atoms with E-state index in [1.807, 2.05) is 30.3 Å². The van der Waals surface area contributed by atoms with Gasteiger partial charge in [0.15, 0.2) is 0 Å². The van der Waals surface area contributed by atoms with Crippen LogP contribution in [-0.2, 0) is 0 Å².